The standard InChI is InChI=1S/C25H27ClF3N7O/c1-11-13(6-20(21(11)37)36-3-2-15-22(30)32-10-33-24(15)36)9-31-14-4-12(5-14)23-34-18-7-16(25(27,28)29)17(26)8-19(18)35-23/h2-3,7-8,10-14,20-21,31,37H,4-6,9H2,1H3,(H,34,35)(H2,30,32,33)/t11?,12?,13?,14?,20?,21-/m0/s1. The Morgan fingerprint density at radius 3 is 2.78 bits per heavy atom. The molecule has 2 aliphatic rings. The van der Waals surface area contributed by atoms with Crippen molar-refractivity contribution in [1.82, 2.24) is 29.8 Å². The third kappa shape index (κ3) is 4.22. The van der Waals surface area contributed by atoms with Crippen molar-refractivity contribution in [2.45, 2.75) is 56.5 Å². The molecule has 0 radical (unpaired) electrons. The average Bonchev–Trinajstić information content (AvgIpc) is 3.49. The Labute approximate surface area is 215 Å². The molecule has 0 amide bonds. The van der Waals surface area contributed by atoms with Crippen LogP contribution in [0.5, 0.6) is 0 Å². The van der Waals surface area contributed by atoms with Crippen LogP contribution in [0.4, 0.5) is 19.0 Å². The second-order valence-corrected chi connectivity index (χ2v) is 10.8. The summed E-state index contributed by atoms with van der Waals surface area (Å²) in [5, 5.41) is 15.1. The summed E-state index contributed by atoms with van der Waals surface area (Å²) in [5.74, 6) is 1.65. The summed E-state index contributed by atoms with van der Waals surface area (Å²) in [6, 6.07) is 4.38. The summed E-state index contributed by atoms with van der Waals surface area (Å²) in [5.41, 5.74) is 6.62. The Bertz CT molecular complexity index is 1460. The number of hydrogen-bond donors (Lipinski definition) is 4. The van der Waals surface area contributed by atoms with E-state index in [1.54, 1.807) is 0 Å². The molecule has 3 heterocycles. The normalized spacial score (nSPS) is 28.3. The number of nitrogen functional groups attached to an aromatic ring is 1. The van der Waals surface area contributed by atoms with Crippen LogP contribution in [0.3, 0.4) is 0 Å². The summed E-state index contributed by atoms with van der Waals surface area (Å²) >= 11 is 5.84. The minimum atomic E-state index is -4.51. The van der Waals surface area contributed by atoms with Gasteiger partial charge < -0.3 is 25.7 Å². The lowest BCUT2D eigenvalue weighted by atomic mass is 9.79. The molecule has 4 atom stereocenters. The number of anilines is 1. The van der Waals surface area contributed by atoms with Gasteiger partial charge in [-0.15, -0.1) is 0 Å². The average molecular weight is 534 g/mol. The zero-order chi connectivity index (χ0) is 26.1. The highest BCUT2D eigenvalue weighted by atomic mass is 35.5. The number of nitrogens with one attached hydrogen (secondary N) is 2. The number of benzene rings is 1. The molecular formula is C25H27ClF3N7O. The number of H-pyrrole nitrogens is 1. The van der Waals surface area contributed by atoms with Crippen LogP contribution in [0.25, 0.3) is 22.1 Å². The molecule has 2 saturated carbocycles. The van der Waals surface area contributed by atoms with Crippen molar-refractivity contribution in [3.05, 3.63) is 47.1 Å². The second kappa shape index (κ2) is 8.85. The van der Waals surface area contributed by atoms with Gasteiger partial charge in [0.2, 0.25) is 0 Å². The zero-order valence-corrected chi connectivity index (χ0v) is 20.8. The van der Waals surface area contributed by atoms with Gasteiger partial charge in [-0.1, -0.05) is 18.5 Å². The number of nitrogens with zero attached hydrogens (tertiary/aromatic N) is 4. The lowest BCUT2D eigenvalue weighted by Crippen LogP contribution is -2.43. The van der Waals surface area contributed by atoms with Gasteiger partial charge in [-0.3, -0.25) is 0 Å². The zero-order valence-electron chi connectivity index (χ0n) is 20.0. The summed E-state index contributed by atoms with van der Waals surface area (Å²) < 4.78 is 41.5. The number of aliphatic hydroxyl groups is 1. The number of aliphatic hydroxyl groups excluding tert-OH is 1. The van der Waals surface area contributed by atoms with Crippen LogP contribution in [0.15, 0.2) is 30.7 Å². The number of alkyl halides is 3. The fourth-order valence-corrected chi connectivity index (χ4v) is 6.15. The maximum Gasteiger partial charge on any atom is 0.417 e. The molecule has 8 nitrogen and oxygen atoms in total. The van der Waals surface area contributed by atoms with Gasteiger partial charge in [-0.05, 0) is 55.8 Å². The quantitative estimate of drug-likeness (QED) is 0.296. The number of nitrogens with two attached hydrogens (primary N) is 1. The largest absolute Gasteiger partial charge is 0.417 e. The van der Waals surface area contributed by atoms with E-state index in [0.29, 0.717) is 22.7 Å². The molecule has 3 aromatic heterocycles. The number of imidazole rings is 1. The van der Waals surface area contributed by atoms with Crippen molar-refractivity contribution in [3.63, 3.8) is 0 Å². The lowest BCUT2D eigenvalue weighted by molar-refractivity contribution is -0.137. The van der Waals surface area contributed by atoms with Gasteiger partial charge in [0, 0.05) is 18.2 Å². The molecule has 196 valence electrons. The lowest BCUT2D eigenvalue weighted by Gasteiger charge is -2.36. The molecular weight excluding hydrogens is 507 g/mol. The van der Waals surface area contributed by atoms with Gasteiger partial charge in [0.1, 0.15) is 23.6 Å². The molecule has 0 spiro atoms. The highest BCUT2D eigenvalue weighted by molar-refractivity contribution is 6.32. The van der Waals surface area contributed by atoms with Gasteiger partial charge in [-0.25, -0.2) is 15.0 Å². The smallest absolute Gasteiger partial charge is 0.391 e. The van der Waals surface area contributed by atoms with Crippen molar-refractivity contribution >= 4 is 39.5 Å². The molecule has 37 heavy (non-hydrogen) atoms. The molecule has 5 N–H and O–H groups in total. The summed E-state index contributed by atoms with van der Waals surface area (Å²) in [4.78, 5) is 16.0. The van der Waals surface area contributed by atoms with Crippen LogP contribution >= 0.6 is 11.6 Å². The Kier molecular flexibility index (Phi) is 5.85. The molecule has 3 unspecified atom stereocenters. The van der Waals surface area contributed by atoms with Crippen LogP contribution in [0.1, 0.15) is 49.5 Å². The molecule has 6 rings (SSSR count). The van der Waals surface area contributed by atoms with E-state index in [0.717, 1.165) is 42.9 Å². The van der Waals surface area contributed by atoms with E-state index in [4.69, 9.17) is 17.3 Å². The third-order valence-electron chi connectivity index (χ3n) is 8.21. The van der Waals surface area contributed by atoms with Crippen molar-refractivity contribution in [2.75, 3.05) is 12.3 Å². The summed E-state index contributed by atoms with van der Waals surface area (Å²) in [6.07, 6.45) is 0.831. The Morgan fingerprint density at radius 2 is 2.03 bits per heavy atom. The molecule has 2 fully saturated rings. The van der Waals surface area contributed by atoms with Crippen LogP contribution in [-0.2, 0) is 6.18 Å². The highest BCUT2D eigenvalue weighted by Crippen LogP contribution is 2.43. The summed E-state index contributed by atoms with van der Waals surface area (Å²) in [7, 11) is 0. The predicted molar refractivity (Wildman–Crippen MR) is 134 cm³/mol. The highest BCUT2D eigenvalue weighted by Gasteiger charge is 2.42. The van der Waals surface area contributed by atoms with Gasteiger partial charge >= 0.3 is 6.18 Å². The summed E-state index contributed by atoms with van der Waals surface area (Å²) in [6.45, 7) is 2.84. The van der Waals surface area contributed by atoms with Crippen molar-refractivity contribution in [3.8, 4) is 0 Å². The molecule has 0 bridgehead atoms. The van der Waals surface area contributed by atoms with Crippen molar-refractivity contribution in [2.24, 2.45) is 11.8 Å². The molecule has 1 aromatic carbocycles. The third-order valence-corrected chi connectivity index (χ3v) is 8.52. The molecule has 0 saturated heterocycles. The number of hydrogen-bond acceptors (Lipinski definition) is 6. The Morgan fingerprint density at radius 1 is 1.24 bits per heavy atom. The molecule has 0 aliphatic heterocycles. The van der Waals surface area contributed by atoms with Crippen LogP contribution in [0.2, 0.25) is 5.02 Å². The van der Waals surface area contributed by atoms with Crippen LogP contribution in [-0.4, -0.2) is 48.3 Å². The van der Waals surface area contributed by atoms with E-state index in [-0.39, 0.29) is 34.9 Å². The first-order chi connectivity index (χ1) is 17.6. The van der Waals surface area contributed by atoms with E-state index in [2.05, 4.69) is 32.2 Å². The number of aromatic nitrogens is 5. The van der Waals surface area contributed by atoms with Gasteiger partial charge in [0.15, 0.2) is 0 Å². The van der Waals surface area contributed by atoms with E-state index in [1.165, 1.54) is 12.4 Å². The maximum atomic E-state index is 13.2. The monoisotopic (exact) mass is 533 g/mol. The van der Waals surface area contributed by atoms with Crippen LogP contribution in [0, 0.1) is 11.8 Å². The minimum absolute atomic E-state index is 0.0910. The molecule has 4 aromatic rings. The first-order valence-electron chi connectivity index (χ1n) is 12.3. The van der Waals surface area contributed by atoms with E-state index in [9.17, 15) is 18.3 Å². The Hall–Kier alpha value is -2.89. The number of aromatic amines is 1. The van der Waals surface area contributed by atoms with E-state index >= 15 is 0 Å². The van der Waals surface area contributed by atoms with Gasteiger partial charge in [-0.2, -0.15) is 13.2 Å². The fourth-order valence-electron chi connectivity index (χ4n) is 5.89. The number of fused-ring (bicyclic) bond motifs is 2. The Balaban J connectivity index is 1.07. The second-order valence-electron chi connectivity index (χ2n) is 10.4. The minimum Gasteiger partial charge on any atom is -0.391 e. The first-order valence-corrected chi connectivity index (χ1v) is 12.7. The maximum absolute atomic E-state index is 13.2. The van der Waals surface area contributed by atoms with E-state index < -0.39 is 17.8 Å². The topological polar surface area (TPSA) is 118 Å². The number of halogens is 4. The molecule has 12 heteroatoms. The van der Waals surface area contributed by atoms with E-state index in [1.807, 2.05) is 16.8 Å². The van der Waals surface area contributed by atoms with Crippen LogP contribution < -0.4 is 11.1 Å². The first kappa shape index (κ1) is 24.4. The number of rotatable bonds is 5. The SMILES string of the molecule is CC1C(CNC2CC(c3nc4cc(Cl)c(C(F)(F)F)cc4[nH]3)C2)CC(n2ccc3c(N)ncnc32)[C@H]1O. The fraction of sp³-hybridized carbons (Fsp3) is 0.480. The van der Waals surface area contributed by atoms with Crippen molar-refractivity contribution in [1.29, 1.82) is 0 Å². The predicted octanol–water partition coefficient (Wildman–Crippen LogP) is 4.66. The molecule has 2 aliphatic carbocycles. The van der Waals surface area contributed by atoms with Crippen molar-refractivity contribution < 1.29 is 18.3 Å². The van der Waals surface area contributed by atoms with Gasteiger partial charge in [0.25, 0.3) is 0 Å². The van der Waals surface area contributed by atoms with Gasteiger partial charge in [0.05, 0.1) is 39.2 Å².